The van der Waals surface area contributed by atoms with Crippen molar-refractivity contribution in [2.45, 2.75) is 0 Å². The van der Waals surface area contributed by atoms with Crippen LogP contribution in [0, 0.1) is 5.82 Å². The molecule has 4 amide bonds. The molecule has 0 bridgehead atoms. The molecule has 0 unspecified atom stereocenters. The monoisotopic (exact) mass is 544 g/mol. The first-order valence-corrected chi connectivity index (χ1v) is 11.8. The Hall–Kier alpha value is -5.09. The van der Waals surface area contributed by atoms with Crippen molar-refractivity contribution in [1.82, 2.24) is 9.97 Å². The largest absolute Gasteiger partial charge is 0.493 e. The predicted octanol–water partition coefficient (Wildman–Crippen LogP) is 5.65. The number of hydrogen-bond acceptors (Lipinski definition) is 7. The van der Waals surface area contributed by atoms with Crippen molar-refractivity contribution in [1.29, 1.82) is 0 Å². The highest BCUT2D eigenvalue weighted by atomic mass is 35.5. The minimum absolute atomic E-state index is 0.0344. The SMILES string of the molecule is COc1ccc(C=C2C(=O)N(c3ccccc3)C(=O)N(c3ccccc3)C2=O)cc1Oc1nc(Cl)ncc1F. The zero-order chi connectivity index (χ0) is 27.5. The van der Waals surface area contributed by atoms with E-state index in [9.17, 15) is 18.8 Å². The fourth-order valence-electron chi connectivity index (χ4n) is 3.88. The molecule has 4 aromatic rings. The summed E-state index contributed by atoms with van der Waals surface area (Å²) in [6, 6.07) is 20.2. The second-order valence-corrected chi connectivity index (χ2v) is 8.44. The summed E-state index contributed by atoms with van der Waals surface area (Å²) in [4.78, 5) is 49.7. The average molecular weight is 545 g/mol. The molecular weight excluding hydrogens is 527 g/mol. The van der Waals surface area contributed by atoms with E-state index in [1.807, 2.05) is 0 Å². The number of imide groups is 2. The first kappa shape index (κ1) is 25.6. The van der Waals surface area contributed by atoms with Crippen LogP contribution in [0.5, 0.6) is 17.4 Å². The van der Waals surface area contributed by atoms with Crippen LogP contribution >= 0.6 is 11.6 Å². The molecule has 0 radical (unpaired) electrons. The number of nitrogens with zero attached hydrogens (tertiary/aromatic N) is 4. The Morgan fingerprint density at radius 3 is 2.00 bits per heavy atom. The van der Waals surface area contributed by atoms with Crippen molar-refractivity contribution in [2.75, 3.05) is 16.9 Å². The van der Waals surface area contributed by atoms with Gasteiger partial charge in [-0.25, -0.2) is 19.6 Å². The highest BCUT2D eigenvalue weighted by Crippen LogP contribution is 2.35. The van der Waals surface area contributed by atoms with Crippen molar-refractivity contribution in [3.63, 3.8) is 0 Å². The van der Waals surface area contributed by atoms with Gasteiger partial charge in [-0.2, -0.15) is 9.37 Å². The normalized spacial score (nSPS) is 13.5. The summed E-state index contributed by atoms with van der Waals surface area (Å²) in [5.41, 5.74) is 0.636. The van der Waals surface area contributed by atoms with Crippen molar-refractivity contribution in [3.8, 4) is 17.4 Å². The number of barbiturate groups is 1. The minimum atomic E-state index is -0.863. The number of ether oxygens (including phenoxy) is 2. The number of methoxy groups -OCH3 is 1. The maximum absolute atomic E-state index is 14.2. The van der Waals surface area contributed by atoms with Crippen molar-refractivity contribution >= 4 is 46.9 Å². The molecule has 0 saturated carbocycles. The second-order valence-electron chi connectivity index (χ2n) is 8.10. The van der Waals surface area contributed by atoms with E-state index in [1.165, 1.54) is 25.3 Å². The number of benzene rings is 3. The highest BCUT2D eigenvalue weighted by Gasteiger charge is 2.43. The molecule has 1 fully saturated rings. The van der Waals surface area contributed by atoms with Gasteiger partial charge in [-0.05, 0) is 59.6 Å². The summed E-state index contributed by atoms with van der Waals surface area (Å²) in [5.74, 6) is -2.67. The Morgan fingerprint density at radius 1 is 0.846 bits per heavy atom. The molecule has 3 aromatic carbocycles. The van der Waals surface area contributed by atoms with E-state index in [4.69, 9.17) is 21.1 Å². The van der Waals surface area contributed by atoms with Crippen LogP contribution in [0.2, 0.25) is 5.28 Å². The molecule has 11 heteroatoms. The maximum Gasteiger partial charge on any atom is 0.343 e. The number of aromatic nitrogens is 2. The topological polar surface area (TPSA) is 102 Å². The summed E-state index contributed by atoms with van der Waals surface area (Å²) in [7, 11) is 1.39. The molecule has 1 saturated heterocycles. The molecule has 1 aliphatic heterocycles. The molecule has 1 aromatic heterocycles. The van der Waals surface area contributed by atoms with E-state index < -0.39 is 29.5 Å². The third-order valence-corrected chi connectivity index (χ3v) is 5.85. The van der Waals surface area contributed by atoms with E-state index in [0.29, 0.717) is 16.9 Å². The number of rotatable bonds is 6. The Morgan fingerprint density at radius 2 is 1.44 bits per heavy atom. The smallest absolute Gasteiger partial charge is 0.343 e. The lowest BCUT2D eigenvalue weighted by atomic mass is 10.0. The molecule has 0 spiro atoms. The Kier molecular flexibility index (Phi) is 7.02. The fourth-order valence-corrected chi connectivity index (χ4v) is 4.00. The fraction of sp³-hybridized carbons (Fsp3) is 0.0357. The lowest BCUT2D eigenvalue weighted by molar-refractivity contribution is -0.121. The first-order chi connectivity index (χ1) is 18.9. The van der Waals surface area contributed by atoms with Gasteiger partial charge in [0.25, 0.3) is 17.7 Å². The van der Waals surface area contributed by atoms with Crippen LogP contribution in [-0.2, 0) is 9.59 Å². The van der Waals surface area contributed by atoms with Crippen LogP contribution in [0.1, 0.15) is 5.56 Å². The number of carbonyl (C=O) groups excluding carboxylic acids is 3. The standard InChI is InChI=1S/C28H18ClFN4O5/c1-38-22-13-12-17(15-23(22)39-24-21(30)16-31-27(29)32-24)14-20-25(35)33(18-8-4-2-5-9-18)28(37)34(26(20)36)19-10-6-3-7-11-19/h2-16H,1H3. The van der Waals surface area contributed by atoms with E-state index >= 15 is 0 Å². The average Bonchev–Trinajstić information content (AvgIpc) is 2.94. The summed E-state index contributed by atoms with van der Waals surface area (Å²) in [6.45, 7) is 0. The number of halogens is 2. The van der Waals surface area contributed by atoms with Crippen molar-refractivity contribution in [2.24, 2.45) is 0 Å². The lowest BCUT2D eigenvalue weighted by Gasteiger charge is -2.33. The second kappa shape index (κ2) is 10.7. The summed E-state index contributed by atoms with van der Waals surface area (Å²) in [6.07, 6.45) is 2.17. The third kappa shape index (κ3) is 5.05. The van der Waals surface area contributed by atoms with E-state index in [-0.39, 0.29) is 22.4 Å². The zero-order valence-electron chi connectivity index (χ0n) is 20.2. The van der Waals surface area contributed by atoms with Crippen LogP contribution in [0.3, 0.4) is 0 Å². The minimum Gasteiger partial charge on any atom is -0.493 e. The molecule has 2 heterocycles. The Balaban J connectivity index is 1.60. The van der Waals surface area contributed by atoms with Crippen LogP contribution in [0.4, 0.5) is 20.6 Å². The molecule has 1 aliphatic rings. The molecule has 194 valence electrons. The lowest BCUT2D eigenvalue weighted by Crippen LogP contribution is -2.57. The molecule has 9 nitrogen and oxygen atoms in total. The van der Waals surface area contributed by atoms with Crippen LogP contribution in [0.25, 0.3) is 6.08 Å². The molecular formula is C28H18ClFN4O5. The summed E-state index contributed by atoms with van der Waals surface area (Å²) >= 11 is 5.77. The predicted molar refractivity (Wildman–Crippen MR) is 141 cm³/mol. The summed E-state index contributed by atoms with van der Waals surface area (Å²) < 4.78 is 25.1. The first-order valence-electron chi connectivity index (χ1n) is 11.5. The molecule has 0 aliphatic carbocycles. The number of hydrogen-bond donors (Lipinski definition) is 0. The Labute approximate surface area is 226 Å². The van der Waals surface area contributed by atoms with Gasteiger partial charge >= 0.3 is 6.03 Å². The number of carbonyl (C=O) groups is 3. The van der Waals surface area contributed by atoms with Gasteiger partial charge in [0, 0.05) is 0 Å². The molecule has 0 N–H and O–H groups in total. The van der Waals surface area contributed by atoms with Gasteiger partial charge in [-0.3, -0.25) is 9.59 Å². The number of anilines is 2. The van der Waals surface area contributed by atoms with Crippen LogP contribution in [-0.4, -0.2) is 34.9 Å². The quantitative estimate of drug-likeness (QED) is 0.175. The third-order valence-electron chi connectivity index (χ3n) is 5.67. The highest BCUT2D eigenvalue weighted by molar-refractivity contribution is 6.46. The van der Waals surface area contributed by atoms with Crippen LogP contribution < -0.4 is 19.3 Å². The van der Waals surface area contributed by atoms with E-state index in [2.05, 4.69) is 9.97 Å². The van der Waals surface area contributed by atoms with Gasteiger partial charge in [-0.15, -0.1) is 0 Å². The van der Waals surface area contributed by atoms with Gasteiger partial charge in [0.1, 0.15) is 5.57 Å². The molecule has 5 rings (SSSR count). The number of amides is 4. The van der Waals surface area contributed by atoms with Gasteiger partial charge in [0.2, 0.25) is 11.1 Å². The van der Waals surface area contributed by atoms with Gasteiger partial charge < -0.3 is 9.47 Å². The Bertz CT molecular complexity index is 1550. The number of para-hydroxylation sites is 2. The van der Waals surface area contributed by atoms with Gasteiger partial charge in [0.05, 0.1) is 24.7 Å². The molecule has 0 atom stereocenters. The summed E-state index contributed by atoms with van der Waals surface area (Å²) in [5, 5.41) is -0.228. The van der Waals surface area contributed by atoms with E-state index in [1.54, 1.807) is 66.7 Å². The number of urea groups is 1. The van der Waals surface area contributed by atoms with Gasteiger partial charge in [-0.1, -0.05) is 42.5 Å². The van der Waals surface area contributed by atoms with Crippen LogP contribution in [0.15, 0.2) is 90.6 Å². The maximum atomic E-state index is 14.2. The zero-order valence-corrected chi connectivity index (χ0v) is 21.0. The van der Waals surface area contributed by atoms with Gasteiger partial charge in [0.15, 0.2) is 11.5 Å². The van der Waals surface area contributed by atoms with E-state index in [0.717, 1.165) is 16.0 Å². The molecule has 39 heavy (non-hydrogen) atoms. The van der Waals surface area contributed by atoms with Crippen molar-refractivity contribution in [3.05, 3.63) is 107 Å². The van der Waals surface area contributed by atoms with Crippen molar-refractivity contribution < 1.29 is 28.2 Å².